The molecule has 0 aliphatic heterocycles. The zero-order chi connectivity index (χ0) is 16.5. The van der Waals surface area contributed by atoms with Gasteiger partial charge in [-0.2, -0.15) is 0 Å². The van der Waals surface area contributed by atoms with Crippen molar-refractivity contribution >= 4 is 21.6 Å². The fraction of sp³-hybridized carbons (Fsp3) is 0.0500. The van der Waals surface area contributed by atoms with Gasteiger partial charge in [0.2, 0.25) is 0 Å². The van der Waals surface area contributed by atoms with Crippen molar-refractivity contribution in [2.45, 2.75) is 5.92 Å². The lowest BCUT2D eigenvalue weighted by Gasteiger charge is -2.15. The van der Waals surface area contributed by atoms with Gasteiger partial charge in [0.25, 0.3) is 0 Å². The quantitative estimate of drug-likeness (QED) is 0.463. The maximum Gasteiger partial charge on any atom is 0.123 e. The molecule has 0 radical (unpaired) electrons. The van der Waals surface area contributed by atoms with Gasteiger partial charge in [0, 0.05) is 0 Å². The molecule has 24 heavy (non-hydrogen) atoms. The molecule has 4 rings (SSSR count). The number of hydrogen-bond donors (Lipinski definition) is 0. The molecule has 0 amide bonds. The molecule has 1 nitrogen and oxygen atoms in total. The molecule has 0 fully saturated rings. The SMILES string of the molecule is Fc1ccc(C(c2ccc(F)cc2)c2nc3ccccc3s2)cc1. The number of aromatic nitrogens is 1. The maximum atomic E-state index is 13.3. The van der Waals surface area contributed by atoms with E-state index in [0.29, 0.717) is 0 Å². The second-order valence-corrected chi connectivity index (χ2v) is 6.62. The van der Waals surface area contributed by atoms with Crippen molar-refractivity contribution in [2.75, 3.05) is 0 Å². The fourth-order valence-corrected chi connectivity index (χ4v) is 3.93. The van der Waals surface area contributed by atoms with E-state index in [0.717, 1.165) is 26.4 Å². The highest BCUT2D eigenvalue weighted by Crippen LogP contribution is 2.36. The van der Waals surface area contributed by atoms with Crippen molar-refractivity contribution < 1.29 is 8.78 Å². The third-order valence-corrected chi connectivity index (χ3v) is 5.07. The van der Waals surface area contributed by atoms with Crippen molar-refractivity contribution in [1.29, 1.82) is 0 Å². The number of thiazole rings is 1. The molecule has 0 aliphatic rings. The number of fused-ring (bicyclic) bond motifs is 1. The summed E-state index contributed by atoms with van der Waals surface area (Å²) < 4.78 is 27.7. The molecule has 1 heterocycles. The Morgan fingerprint density at radius 2 is 1.25 bits per heavy atom. The Morgan fingerprint density at radius 3 is 1.79 bits per heavy atom. The lowest BCUT2D eigenvalue weighted by Crippen LogP contribution is -2.03. The zero-order valence-electron chi connectivity index (χ0n) is 12.6. The van der Waals surface area contributed by atoms with E-state index in [2.05, 4.69) is 0 Å². The molecule has 0 unspecified atom stereocenters. The molecule has 4 heteroatoms. The molecule has 0 atom stereocenters. The van der Waals surface area contributed by atoms with Gasteiger partial charge in [-0.1, -0.05) is 36.4 Å². The lowest BCUT2D eigenvalue weighted by atomic mass is 9.92. The Balaban J connectivity index is 1.88. The molecule has 3 aromatic carbocycles. The number of nitrogens with zero attached hydrogens (tertiary/aromatic N) is 1. The van der Waals surface area contributed by atoms with Crippen LogP contribution >= 0.6 is 11.3 Å². The van der Waals surface area contributed by atoms with Gasteiger partial charge in [0.1, 0.15) is 16.6 Å². The molecule has 0 aliphatic carbocycles. The highest BCUT2D eigenvalue weighted by atomic mass is 32.1. The summed E-state index contributed by atoms with van der Waals surface area (Å²) in [6.07, 6.45) is 0. The Labute approximate surface area is 142 Å². The predicted molar refractivity (Wildman–Crippen MR) is 93.4 cm³/mol. The van der Waals surface area contributed by atoms with Crippen LogP contribution in [0.1, 0.15) is 22.1 Å². The summed E-state index contributed by atoms with van der Waals surface area (Å²) in [6.45, 7) is 0. The molecular weight excluding hydrogens is 324 g/mol. The van der Waals surface area contributed by atoms with Crippen LogP contribution in [0.15, 0.2) is 72.8 Å². The lowest BCUT2D eigenvalue weighted by molar-refractivity contribution is 0.626. The highest BCUT2D eigenvalue weighted by Gasteiger charge is 2.21. The molecule has 0 spiro atoms. The van der Waals surface area contributed by atoms with Crippen molar-refractivity contribution in [3.05, 3.63) is 101 Å². The molecule has 0 N–H and O–H groups in total. The van der Waals surface area contributed by atoms with Gasteiger partial charge in [-0.3, -0.25) is 0 Å². The normalized spacial score (nSPS) is 11.3. The number of para-hydroxylation sites is 1. The average Bonchev–Trinajstić information content (AvgIpc) is 3.02. The second kappa shape index (κ2) is 6.13. The van der Waals surface area contributed by atoms with Crippen molar-refractivity contribution in [2.24, 2.45) is 0 Å². The monoisotopic (exact) mass is 337 g/mol. The smallest absolute Gasteiger partial charge is 0.123 e. The van der Waals surface area contributed by atoms with Gasteiger partial charge in [-0.05, 0) is 47.5 Å². The van der Waals surface area contributed by atoms with Gasteiger partial charge in [0.05, 0.1) is 16.1 Å². The van der Waals surface area contributed by atoms with Gasteiger partial charge in [-0.15, -0.1) is 11.3 Å². The minimum atomic E-state index is -0.277. The fourth-order valence-electron chi connectivity index (χ4n) is 2.80. The first kappa shape index (κ1) is 15.0. The highest BCUT2D eigenvalue weighted by molar-refractivity contribution is 7.18. The number of rotatable bonds is 3. The Morgan fingerprint density at radius 1 is 0.708 bits per heavy atom. The van der Waals surface area contributed by atoms with Crippen molar-refractivity contribution in [3.63, 3.8) is 0 Å². The third-order valence-electron chi connectivity index (χ3n) is 3.96. The molecule has 0 bridgehead atoms. The Hall–Kier alpha value is -2.59. The molecule has 4 aromatic rings. The average molecular weight is 337 g/mol. The standard InChI is InChI=1S/C20H13F2NS/c21-15-9-5-13(6-10-15)19(14-7-11-16(22)12-8-14)20-23-17-3-1-2-4-18(17)24-20/h1-12,19H. The Bertz CT molecular complexity index is 896. The number of hydrogen-bond acceptors (Lipinski definition) is 2. The molecule has 0 saturated carbocycles. The number of benzene rings is 3. The van der Waals surface area contributed by atoms with Crippen LogP contribution in [0.2, 0.25) is 0 Å². The summed E-state index contributed by atoms with van der Waals surface area (Å²) in [5.74, 6) is -0.703. The third kappa shape index (κ3) is 2.81. The maximum absolute atomic E-state index is 13.3. The molecule has 0 saturated heterocycles. The van der Waals surface area contributed by atoms with Crippen molar-refractivity contribution in [3.8, 4) is 0 Å². The van der Waals surface area contributed by atoms with Crippen molar-refractivity contribution in [1.82, 2.24) is 4.98 Å². The van der Waals surface area contributed by atoms with Crippen LogP contribution in [0.25, 0.3) is 10.2 Å². The van der Waals surface area contributed by atoms with Gasteiger partial charge < -0.3 is 0 Å². The van der Waals surface area contributed by atoms with E-state index in [1.807, 2.05) is 24.3 Å². The summed E-state index contributed by atoms with van der Waals surface area (Å²) in [7, 11) is 0. The molecular formula is C20H13F2NS. The van der Waals surface area contributed by atoms with Crippen LogP contribution in [-0.4, -0.2) is 4.98 Å². The van der Waals surface area contributed by atoms with E-state index in [9.17, 15) is 8.78 Å². The summed E-state index contributed by atoms with van der Waals surface area (Å²) >= 11 is 1.60. The first-order valence-electron chi connectivity index (χ1n) is 7.57. The van der Waals surface area contributed by atoms with E-state index in [1.165, 1.54) is 24.3 Å². The van der Waals surface area contributed by atoms with Crippen LogP contribution in [0, 0.1) is 11.6 Å². The summed E-state index contributed by atoms with van der Waals surface area (Å²) in [6, 6.07) is 20.8. The summed E-state index contributed by atoms with van der Waals surface area (Å²) in [5.41, 5.74) is 2.80. The molecule has 1 aromatic heterocycles. The van der Waals surface area contributed by atoms with Crippen LogP contribution in [-0.2, 0) is 0 Å². The van der Waals surface area contributed by atoms with E-state index in [4.69, 9.17) is 4.98 Å². The van der Waals surface area contributed by atoms with Crippen LogP contribution in [0.3, 0.4) is 0 Å². The van der Waals surface area contributed by atoms with E-state index in [-0.39, 0.29) is 17.6 Å². The minimum absolute atomic E-state index is 0.149. The summed E-state index contributed by atoms with van der Waals surface area (Å²) in [4.78, 5) is 4.74. The second-order valence-electron chi connectivity index (χ2n) is 5.56. The predicted octanol–water partition coefficient (Wildman–Crippen LogP) is 5.75. The zero-order valence-corrected chi connectivity index (χ0v) is 13.4. The number of halogens is 2. The van der Waals surface area contributed by atoms with Crippen LogP contribution in [0.5, 0.6) is 0 Å². The van der Waals surface area contributed by atoms with Gasteiger partial charge >= 0.3 is 0 Å². The summed E-state index contributed by atoms with van der Waals surface area (Å²) in [5, 5.41) is 0.911. The minimum Gasteiger partial charge on any atom is -0.240 e. The van der Waals surface area contributed by atoms with Gasteiger partial charge in [-0.25, -0.2) is 13.8 Å². The van der Waals surface area contributed by atoms with E-state index >= 15 is 0 Å². The molecule has 118 valence electrons. The largest absolute Gasteiger partial charge is 0.240 e. The van der Waals surface area contributed by atoms with E-state index < -0.39 is 0 Å². The van der Waals surface area contributed by atoms with Gasteiger partial charge in [0.15, 0.2) is 0 Å². The Kier molecular flexibility index (Phi) is 3.82. The topological polar surface area (TPSA) is 12.9 Å². The van der Waals surface area contributed by atoms with E-state index in [1.54, 1.807) is 35.6 Å². The van der Waals surface area contributed by atoms with Crippen LogP contribution < -0.4 is 0 Å². The van der Waals surface area contributed by atoms with Crippen LogP contribution in [0.4, 0.5) is 8.78 Å². The first-order valence-corrected chi connectivity index (χ1v) is 8.39. The first-order chi connectivity index (χ1) is 11.7.